The van der Waals surface area contributed by atoms with E-state index in [-0.39, 0.29) is 5.02 Å². The number of aryl methyl sites for hydroxylation is 2. The molecule has 8 heteroatoms. The fourth-order valence-corrected chi connectivity index (χ4v) is 7.74. The van der Waals surface area contributed by atoms with Crippen molar-refractivity contribution in [3.05, 3.63) is 62.7 Å². The van der Waals surface area contributed by atoms with E-state index < -0.39 is 20.9 Å². The number of thiazole rings is 1. The van der Waals surface area contributed by atoms with Crippen molar-refractivity contribution in [1.29, 1.82) is 0 Å². The van der Waals surface area contributed by atoms with Crippen LogP contribution in [-0.4, -0.2) is 31.7 Å². The quantitative estimate of drug-likeness (QED) is 0.430. The summed E-state index contributed by atoms with van der Waals surface area (Å²) in [5.41, 5.74) is 5.25. The van der Waals surface area contributed by atoms with Gasteiger partial charge in [-0.15, -0.1) is 11.3 Å². The van der Waals surface area contributed by atoms with Crippen LogP contribution >= 0.6 is 22.9 Å². The van der Waals surface area contributed by atoms with E-state index in [1.54, 1.807) is 12.1 Å². The van der Waals surface area contributed by atoms with Gasteiger partial charge in [0.2, 0.25) is 0 Å². The van der Waals surface area contributed by atoms with Crippen molar-refractivity contribution in [2.24, 2.45) is 0 Å². The first kappa shape index (κ1) is 23.2. The SMILES string of the molecule is Cc1cc(C)c(C)c(S(=O)(=O)C2CCN(c3nc(-c4ccc(F)c(Cl)c4)cs3)CC2)c1C. The molecular formula is C24H26ClFN2O2S2. The van der Waals surface area contributed by atoms with Crippen LogP contribution in [0.3, 0.4) is 0 Å². The monoisotopic (exact) mass is 492 g/mol. The van der Waals surface area contributed by atoms with Gasteiger partial charge in [-0.2, -0.15) is 0 Å². The summed E-state index contributed by atoms with van der Waals surface area (Å²) < 4.78 is 40.6. The molecule has 0 atom stereocenters. The topological polar surface area (TPSA) is 50.3 Å². The molecule has 3 aromatic rings. The number of aromatic nitrogens is 1. The molecule has 1 aromatic heterocycles. The van der Waals surface area contributed by atoms with Gasteiger partial charge in [0.25, 0.3) is 0 Å². The maximum atomic E-state index is 13.6. The molecule has 32 heavy (non-hydrogen) atoms. The second-order valence-electron chi connectivity index (χ2n) is 8.47. The van der Waals surface area contributed by atoms with E-state index >= 15 is 0 Å². The van der Waals surface area contributed by atoms with Gasteiger partial charge in [-0.1, -0.05) is 17.7 Å². The van der Waals surface area contributed by atoms with Gasteiger partial charge in [-0.25, -0.2) is 17.8 Å². The van der Waals surface area contributed by atoms with Crippen molar-refractivity contribution < 1.29 is 12.8 Å². The smallest absolute Gasteiger partial charge is 0.185 e. The van der Waals surface area contributed by atoms with Crippen LogP contribution in [0.2, 0.25) is 5.02 Å². The third-order valence-corrected chi connectivity index (χ3v) is 10.2. The first-order valence-corrected chi connectivity index (χ1v) is 13.4. The summed E-state index contributed by atoms with van der Waals surface area (Å²) in [5.74, 6) is -0.455. The summed E-state index contributed by atoms with van der Waals surface area (Å²) in [5, 5.41) is 2.44. The number of sulfone groups is 1. The zero-order valence-electron chi connectivity index (χ0n) is 18.6. The highest BCUT2D eigenvalue weighted by molar-refractivity contribution is 7.92. The van der Waals surface area contributed by atoms with Crippen molar-refractivity contribution in [3.63, 3.8) is 0 Å². The number of hydrogen-bond donors (Lipinski definition) is 0. The van der Waals surface area contributed by atoms with Crippen LogP contribution in [-0.2, 0) is 9.84 Å². The number of piperidine rings is 1. The fraction of sp³-hybridized carbons (Fsp3) is 0.375. The summed E-state index contributed by atoms with van der Waals surface area (Å²) in [7, 11) is -3.41. The third-order valence-electron chi connectivity index (χ3n) is 6.44. The molecule has 2 aromatic carbocycles. The Kier molecular flexibility index (Phi) is 6.36. The lowest BCUT2D eigenvalue weighted by atomic mass is 10.0. The number of hydrogen-bond acceptors (Lipinski definition) is 5. The van der Waals surface area contributed by atoms with Crippen LogP contribution < -0.4 is 4.90 Å². The van der Waals surface area contributed by atoms with Gasteiger partial charge in [-0.3, -0.25) is 0 Å². The Hall–Kier alpha value is -1.96. The van der Waals surface area contributed by atoms with Gasteiger partial charge in [0.1, 0.15) is 5.82 Å². The van der Waals surface area contributed by atoms with Gasteiger partial charge >= 0.3 is 0 Å². The zero-order valence-corrected chi connectivity index (χ0v) is 21.0. The average molecular weight is 493 g/mol. The normalized spacial score (nSPS) is 15.4. The standard InChI is InChI=1S/C24H26ClFN2O2S2/c1-14-11-15(2)17(4)23(16(14)3)32(29,30)19-7-9-28(10-8-19)24-27-22(13-31-24)18-5-6-21(26)20(25)12-18/h5-6,11-13,19H,7-10H2,1-4H3. The first-order chi connectivity index (χ1) is 15.1. The minimum Gasteiger partial charge on any atom is -0.348 e. The Labute approximate surface area is 198 Å². The molecular weight excluding hydrogens is 467 g/mol. The lowest BCUT2D eigenvalue weighted by molar-refractivity contribution is 0.528. The molecule has 4 nitrogen and oxygen atoms in total. The lowest BCUT2D eigenvalue weighted by Gasteiger charge is -2.32. The van der Waals surface area contributed by atoms with E-state index in [1.807, 2.05) is 33.1 Å². The van der Waals surface area contributed by atoms with Gasteiger partial charge in [0.15, 0.2) is 15.0 Å². The number of benzene rings is 2. The van der Waals surface area contributed by atoms with Crippen molar-refractivity contribution >= 4 is 37.9 Å². The molecule has 0 amide bonds. The van der Waals surface area contributed by atoms with Crippen LogP contribution in [0.4, 0.5) is 9.52 Å². The van der Waals surface area contributed by atoms with Crippen LogP contribution in [0.25, 0.3) is 11.3 Å². The van der Waals surface area contributed by atoms with Gasteiger partial charge in [-0.05, 0) is 81.0 Å². The van der Waals surface area contributed by atoms with Gasteiger partial charge in [0, 0.05) is 24.0 Å². The van der Waals surface area contributed by atoms with Crippen molar-refractivity contribution in [2.75, 3.05) is 18.0 Å². The third kappa shape index (κ3) is 4.18. The predicted molar refractivity (Wildman–Crippen MR) is 130 cm³/mol. The molecule has 1 saturated heterocycles. The molecule has 4 rings (SSSR count). The summed E-state index contributed by atoms with van der Waals surface area (Å²) in [6.07, 6.45) is 1.12. The highest BCUT2D eigenvalue weighted by Gasteiger charge is 2.34. The van der Waals surface area contributed by atoms with Gasteiger partial charge in [0.05, 0.1) is 20.9 Å². The lowest BCUT2D eigenvalue weighted by Crippen LogP contribution is -2.39. The van der Waals surface area contributed by atoms with Crippen molar-refractivity contribution in [2.45, 2.75) is 50.7 Å². The summed E-state index contributed by atoms with van der Waals surface area (Å²) >= 11 is 7.41. The maximum Gasteiger partial charge on any atom is 0.185 e. The van der Waals surface area contributed by atoms with Crippen molar-refractivity contribution in [1.82, 2.24) is 4.98 Å². The van der Waals surface area contributed by atoms with E-state index in [0.29, 0.717) is 30.8 Å². The number of rotatable bonds is 4. The molecule has 0 radical (unpaired) electrons. The second-order valence-corrected chi connectivity index (χ2v) is 11.9. The fourth-order valence-electron chi connectivity index (χ4n) is 4.33. The van der Waals surface area contributed by atoms with Crippen LogP contribution in [0.1, 0.15) is 35.1 Å². The largest absolute Gasteiger partial charge is 0.348 e. The summed E-state index contributed by atoms with van der Waals surface area (Å²) in [6, 6.07) is 6.63. The van der Waals surface area contributed by atoms with E-state index in [9.17, 15) is 12.8 Å². The molecule has 1 aliphatic heterocycles. The Morgan fingerprint density at radius 2 is 1.69 bits per heavy atom. The molecule has 0 unspecified atom stereocenters. The average Bonchev–Trinajstić information content (AvgIpc) is 3.25. The Morgan fingerprint density at radius 1 is 1.06 bits per heavy atom. The van der Waals surface area contributed by atoms with Crippen LogP contribution in [0, 0.1) is 33.5 Å². The first-order valence-electron chi connectivity index (χ1n) is 10.6. The minimum atomic E-state index is -3.41. The summed E-state index contributed by atoms with van der Waals surface area (Å²) in [6.45, 7) is 9.01. The van der Waals surface area contributed by atoms with Crippen LogP contribution in [0.5, 0.6) is 0 Å². The highest BCUT2D eigenvalue weighted by atomic mass is 35.5. The molecule has 0 N–H and O–H groups in total. The molecule has 2 heterocycles. The second kappa shape index (κ2) is 8.76. The van der Waals surface area contributed by atoms with Crippen molar-refractivity contribution in [3.8, 4) is 11.3 Å². The number of nitrogens with zero attached hydrogens (tertiary/aromatic N) is 2. The molecule has 170 valence electrons. The molecule has 0 saturated carbocycles. The molecule has 0 bridgehead atoms. The zero-order chi connectivity index (χ0) is 23.2. The Balaban J connectivity index is 1.52. The molecule has 0 spiro atoms. The maximum absolute atomic E-state index is 13.6. The number of halogens is 2. The van der Waals surface area contributed by atoms with E-state index in [2.05, 4.69) is 16.0 Å². The highest BCUT2D eigenvalue weighted by Crippen LogP contribution is 2.35. The van der Waals surface area contributed by atoms with E-state index in [0.717, 1.165) is 38.6 Å². The summed E-state index contributed by atoms with van der Waals surface area (Å²) in [4.78, 5) is 7.33. The molecule has 1 aliphatic rings. The predicted octanol–water partition coefficient (Wildman–Crippen LogP) is 6.28. The minimum absolute atomic E-state index is 0.0695. The van der Waals surface area contributed by atoms with E-state index in [4.69, 9.17) is 11.6 Å². The van der Waals surface area contributed by atoms with E-state index in [1.165, 1.54) is 17.4 Å². The molecule has 0 aliphatic carbocycles. The number of anilines is 1. The van der Waals surface area contributed by atoms with Gasteiger partial charge < -0.3 is 4.90 Å². The molecule has 1 fully saturated rings. The Bertz CT molecular complexity index is 1250. The Morgan fingerprint density at radius 3 is 2.28 bits per heavy atom. The van der Waals surface area contributed by atoms with Crippen LogP contribution in [0.15, 0.2) is 34.5 Å².